The molecule has 5 nitrogen and oxygen atoms in total. The van der Waals surface area contributed by atoms with E-state index in [0.29, 0.717) is 6.54 Å². The molecule has 19 heavy (non-hydrogen) atoms. The molecule has 2 heterocycles. The Kier molecular flexibility index (Phi) is 2.94. The monoisotopic (exact) mass is 263 g/mol. The van der Waals surface area contributed by atoms with Crippen LogP contribution in [0, 0.1) is 11.7 Å². The van der Waals surface area contributed by atoms with Crippen LogP contribution in [0.3, 0.4) is 0 Å². The molecule has 1 aliphatic heterocycles. The number of benzene rings is 1. The van der Waals surface area contributed by atoms with Crippen LogP contribution in [-0.4, -0.2) is 22.6 Å². The molecule has 0 amide bonds. The fraction of sp³-hybridized carbons (Fsp3) is 0.385. The minimum Gasteiger partial charge on any atom is -0.316 e. The van der Waals surface area contributed by atoms with E-state index in [2.05, 4.69) is 10.3 Å². The van der Waals surface area contributed by atoms with E-state index in [1.54, 1.807) is 0 Å². The summed E-state index contributed by atoms with van der Waals surface area (Å²) in [5.74, 6) is -0.361. The van der Waals surface area contributed by atoms with Gasteiger partial charge in [-0.2, -0.15) is 0 Å². The Balaban J connectivity index is 2.16. The lowest BCUT2D eigenvalue weighted by atomic mass is 10.1. The number of rotatable bonds is 2. The highest BCUT2D eigenvalue weighted by Crippen LogP contribution is 2.11. The van der Waals surface area contributed by atoms with E-state index in [9.17, 15) is 14.0 Å². The second-order valence-electron chi connectivity index (χ2n) is 4.87. The number of aromatic amines is 1. The SMILES string of the molecule is O=c1[nH]c2cccc(F)c2c(=O)n1CC1CCNC1. The lowest BCUT2D eigenvalue weighted by Crippen LogP contribution is -2.37. The van der Waals surface area contributed by atoms with Gasteiger partial charge in [0.1, 0.15) is 5.82 Å². The first-order valence-corrected chi connectivity index (χ1v) is 6.29. The standard InChI is InChI=1S/C13H14FN3O2/c14-9-2-1-3-10-11(9)12(18)17(13(19)16-10)7-8-4-5-15-6-8/h1-3,8,15H,4-7H2,(H,16,19). The molecule has 100 valence electrons. The molecule has 0 radical (unpaired) electrons. The minimum absolute atomic E-state index is 0.0481. The smallest absolute Gasteiger partial charge is 0.316 e. The summed E-state index contributed by atoms with van der Waals surface area (Å²) in [5.41, 5.74) is -0.783. The van der Waals surface area contributed by atoms with E-state index in [-0.39, 0.29) is 16.8 Å². The van der Waals surface area contributed by atoms with Crippen LogP contribution in [0.4, 0.5) is 4.39 Å². The normalized spacial score (nSPS) is 19.1. The molecular formula is C13H14FN3O2. The summed E-state index contributed by atoms with van der Waals surface area (Å²) < 4.78 is 14.8. The van der Waals surface area contributed by atoms with Crippen molar-refractivity contribution in [1.82, 2.24) is 14.9 Å². The molecule has 3 rings (SSSR count). The maximum absolute atomic E-state index is 13.7. The third-order valence-corrected chi connectivity index (χ3v) is 3.56. The first-order valence-electron chi connectivity index (χ1n) is 6.29. The number of hydrogen-bond donors (Lipinski definition) is 2. The van der Waals surface area contributed by atoms with Crippen molar-refractivity contribution in [3.05, 3.63) is 44.9 Å². The van der Waals surface area contributed by atoms with Gasteiger partial charge in [0.15, 0.2) is 0 Å². The lowest BCUT2D eigenvalue weighted by molar-refractivity contribution is 0.459. The molecular weight excluding hydrogens is 249 g/mol. The lowest BCUT2D eigenvalue weighted by Gasteiger charge is -2.11. The van der Waals surface area contributed by atoms with Crippen molar-refractivity contribution < 1.29 is 4.39 Å². The van der Waals surface area contributed by atoms with E-state index in [1.165, 1.54) is 18.2 Å². The minimum atomic E-state index is -0.600. The van der Waals surface area contributed by atoms with Crippen molar-refractivity contribution in [3.63, 3.8) is 0 Å². The number of fused-ring (bicyclic) bond motifs is 1. The van der Waals surface area contributed by atoms with Gasteiger partial charge in [-0.15, -0.1) is 0 Å². The third kappa shape index (κ3) is 2.08. The molecule has 1 aliphatic rings. The fourth-order valence-electron chi connectivity index (χ4n) is 2.55. The highest BCUT2D eigenvalue weighted by atomic mass is 19.1. The molecule has 2 aromatic rings. The van der Waals surface area contributed by atoms with E-state index in [4.69, 9.17) is 0 Å². The molecule has 1 atom stereocenters. The van der Waals surface area contributed by atoms with Gasteiger partial charge in [-0.05, 0) is 37.6 Å². The zero-order valence-corrected chi connectivity index (χ0v) is 10.3. The topological polar surface area (TPSA) is 66.9 Å². The molecule has 1 aromatic carbocycles. The van der Waals surface area contributed by atoms with Gasteiger partial charge < -0.3 is 10.3 Å². The van der Waals surface area contributed by atoms with Crippen LogP contribution in [0.25, 0.3) is 10.9 Å². The van der Waals surface area contributed by atoms with Crippen LogP contribution in [0.15, 0.2) is 27.8 Å². The number of nitrogens with one attached hydrogen (secondary N) is 2. The molecule has 1 fully saturated rings. The predicted octanol–water partition coefficient (Wildman–Crippen LogP) is 0.438. The summed E-state index contributed by atoms with van der Waals surface area (Å²) >= 11 is 0. The number of aromatic nitrogens is 2. The van der Waals surface area contributed by atoms with Gasteiger partial charge in [-0.1, -0.05) is 6.07 Å². The van der Waals surface area contributed by atoms with Crippen LogP contribution in [0.5, 0.6) is 0 Å². The Morgan fingerprint density at radius 3 is 2.95 bits per heavy atom. The number of hydrogen-bond acceptors (Lipinski definition) is 3. The molecule has 0 bridgehead atoms. The third-order valence-electron chi connectivity index (χ3n) is 3.56. The van der Waals surface area contributed by atoms with E-state index < -0.39 is 17.1 Å². The van der Waals surface area contributed by atoms with Crippen molar-refractivity contribution in [1.29, 1.82) is 0 Å². The number of nitrogens with zero attached hydrogens (tertiary/aromatic N) is 1. The number of H-pyrrole nitrogens is 1. The fourth-order valence-corrected chi connectivity index (χ4v) is 2.55. The first kappa shape index (κ1) is 12.1. The van der Waals surface area contributed by atoms with Crippen molar-refractivity contribution in [3.8, 4) is 0 Å². The van der Waals surface area contributed by atoms with Crippen LogP contribution >= 0.6 is 0 Å². The Bertz CT molecular complexity index is 729. The molecule has 0 spiro atoms. The molecule has 1 saturated heterocycles. The molecule has 1 aromatic heterocycles. The Hall–Kier alpha value is -1.95. The van der Waals surface area contributed by atoms with Gasteiger partial charge in [0.2, 0.25) is 0 Å². The van der Waals surface area contributed by atoms with Crippen molar-refractivity contribution in [2.75, 3.05) is 13.1 Å². The molecule has 0 aliphatic carbocycles. The van der Waals surface area contributed by atoms with Crippen LogP contribution < -0.4 is 16.6 Å². The van der Waals surface area contributed by atoms with Gasteiger partial charge in [0, 0.05) is 6.54 Å². The Morgan fingerprint density at radius 1 is 1.37 bits per heavy atom. The summed E-state index contributed by atoms with van der Waals surface area (Å²) in [5, 5.41) is 3.13. The van der Waals surface area contributed by atoms with Gasteiger partial charge in [-0.3, -0.25) is 9.36 Å². The van der Waals surface area contributed by atoms with Gasteiger partial charge in [-0.25, -0.2) is 9.18 Å². The Morgan fingerprint density at radius 2 is 2.21 bits per heavy atom. The quantitative estimate of drug-likeness (QED) is 0.826. The molecule has 2 N–H and O–H groups in total. The van der Waals surface area contributed by atoms with E-state index in [0.717, 1.165) is 24.1 Å². The largest absolute Gasteiger partial charge is 0.328 e. The van der Waals surface area contributed by atoms with Crippen LogP contribution in [0.1, 0.15) is 6.42 Å². The predicted molar refractivity (Wildman–Crippen MR) is 69.8 cm³/mol. The zero-order chi connectivity index (χ0) is 13.4. The van der Waals surface area contributed by atoms with Crippen LogP contribution in [0.2, 0.25) is 0 Å². The average Bonchev–Trinajstić information content (AvgIpc) is 2.87. The van der Waals surface area contributed by atoms with Gasteiger partial charge in [0.25, 0.3) is 5.56 Å². The maximum Gasteiger partial charge on any atom is 0.328 e. The highest BCUT2D eigenvalue weighted by Gasteiger charge is 2.18. The summed E-state index contributed by atoms with van der Waals surface area (Å²) in [4.78, 5) is 26.7. The second-order valence-corrected chi connectivity index (χ2v) is 4.87. The van der Waals surface area contributed by atoms with Crippen molar-refractivity contribution in [2.45, 2.75) is 13.0 Å². The van der Waals surface area contributed by atoms with Gasteiger partial charge in [0.05, 0.1) is 10.9 Å². The second kappa shape index (κ2) is 4.62. The van der Waals surface area contributed by atoms with E-state index >= 15 is 0 Å². The van der Waals surface area contributed by atoms with E-state index in [1.807, 2.05) is 0 Å². The summed E-state index contributed by atoms with van der Waals surface area (Å²) in [6, 6.07) is 4.23. The highest BCUT2D eigenvalue weighted by molar-refractivity contribution is 5.77. The average molecular weight is 263 g/mol. The number of halogens is 1. The molecule has 0 saturated carbocycles. The summed E-state index contributed by atoms with van der Waals surface area (Å²) in [6.07, 6.45) is 0.918. The van der Waals surface area contributed by atoms with Crippen LogP contribution in [-0.2, 0) is 6.54 Å². The van der Waals surface area contributed by atoms with Crippen molar-refractivity contribution >= 4 is 10.9 Å². The van der Waals surface area contributed by atoms with Crippen molar-refractivity contribution in [2.24, 2.45) is 5.92 Å². The van der Waals surface area contributed by atoms with Gasteiger partial charge >= 0.3 is 5.69 Å². The maximum atomic E-state index is 13.7. The summed E-state index contributed by atoms with van der Waals surface area (Å²) in [7, 11) is 0. The Labute approximate surface area is 108 Å². The first-order chi connectivity index (χ1) is 9.16. The molecule has 6 heteroatoms. The molecule has 1 unspecified atom stereocenters. The summed E-state index contributed by atoms with van der Waals surface area (Å²) in [6.45, 7) is 1.99. The zero-order valence-electron chi connectivity index (χ0n) is 10.3.